The van der Waals surface area contributed by atoms with Crippen LogP contribution in [0.2, 0.25) is 0 Å². The van der Waals surface area contributed by atoms with E-state index in [0.29, 0.717) is 5.82 Å². The molecule has 1 aromatic carbocycles. The number of nitrogens with zero attached hydrogens (tertiary/aromatic N) is 3. The molecule has 154 valence electrons. The lowest BCUT2D eigenvalue weighted by Crippen LogP contribution is -2.34. The highest BCUT2D eigenvalue weighted by atomic mass is 16.7. The molecule has 2 aliphatic heterocycles. The molecule has 1 atom stereocenters. The van der Waals surface area contributed by atoms with E-state index in [1.165, 1.54) is 11.1 Å². The first-order chi connectivity index (χ1) is 14.7. The Morgan fingerprint density at radius 3 is 2.80 bits per heavy atom. The number of fused-ring (bicyclic) bond motifs is 1. The van der Waals surface area contributed by atoms with Gasteiger partial charge in [-0.15, -0.1) is 0 Å². The lowest BCUT2D eigenvalue weighted by molar-refractivity contribution is 0.173. The van der Waals surface area contributed by atoms with Gasteiger partial charge in [-0.1, -0.05) is 0 Å². The number of aryl methyl sites for hydroxylation is 1. The Morgan fingerprint density at radius 2 is 1.97 bits per heavy atom. The van der Waals surface area contributed by atoms with Gasteiger partial charge < -0.3 is 14.5 Å². The SMILES string of the molecule is Cc1cc2c(cc1CN1CCCC(c3cc(=O)[nH]c(-c4ccncc4)n3)C1)OCO2. The third-order valence-electron chi connectivity index (χ3n) is 5.86. The number of H-pyrrole nitrogens is 1. The largest absolute Gasteiger partial charge is 0.454 e. The summed E-state index contributed by atoms with van der Waals surface area (Å²) in [6.07, 6.45) is 5.52. The summed E-state index contributed by atoms with van der Waals surface area (Å²) in [5.74, 6) is 2.48. The van der Waals surface area contributed by atoms with Crippen LogP contribution >= 0.6 is 0 Å². The van der Waals surface area contributed by atoms with Crippen LogP contribution in [-0.4, -0.2) is 39.7 Å². The van der Waals surface area contributed by atoms with Gasteiger partial charge in [-0.2, -0.15) is 0 Å². The third-order valence-corrected chi connectivity index (χ3v) is 5.86. The Kier molecular flexibility index (Phi) is 4.96. The average Bonchev–Trinajstić information content (AvgIpc) is 3.21. The van der Waals surface area contributed by atoms with Crippen molar-refractivity contribution in [3.05, 3.63) is 69.9 Å². The number of likely N-dealkylation sites (tertiary alicyclic amines) is 1. The Morgan fingerprint density at radius 1 is 1.17 bits per heavy atom. The molecule has 30 heavy (non-hydrogen) atoms. The highest BCUT2D eigenvalue weighted by Gasteiger charge is 2.25. The summed E-state index contributed by atoms with van der Waals surface area (Å²) in [5.41, 5.74) is 4.06. The van der Waals surface area contributed by atoms with E-state index in [9.17, 15) is 4.79 Å². The molecule has 7 heteroatoms. The van der Waals surface area contributed by atoms with Crippen LogP contribution < -0.4 is 15.0 Å². The Balaban J connectivity index is 1.36. The quantitative estimate of drug-likeness (QED) is 0.719. The van der Waals surface area contributed by atoms with E-state index in [0.717, 1.165) is 55.2 Å². The van der Waals surface area contributed by atoms with Crippen LogP contribution in [0.25, 0.3) is 11.4 Å². The fourth-order valence-electron chi connectivity index (χ4n) is 4.27. The first kappa shape index (κ1) is 18.8. The number of aromatic nitrogens is 3. The molecule has 0 spiro atoms. The van der Waals surface area contributed by atoms with Crippen LogP contribution in [0.5, 0.6) is 11.5 Å². The zero-order chi connectivity index (χ0) is 20.5. The maximum atomic E-state index is 12.3. The number of pyridine rings is 1. The molecule has 0 amide bonds. The average molecular weight is 404 g/mol. The molecule has 1 N–H and O–H groups in total. The van der Waals surface area contributed by atoms with Crippen LogP contribution in [0.1, 0.15) is 35.6 Å². The molecule has 4 heterocycles. The minimum Gasteiger partial charge on any atom is -0.454 e. The molecule has 5 rings (SSSR count). The Bertz CT molecular complexity index is 1110. The second-order valence-corrected chi connectivity index (χ2v) is 7.96. The minimum atomic E-state index is -0.115. The van der Waals surface area contributed by atoms with E-state index in [2.05, 4.69) is 33.9 Å². The molecule has 1 unspecified atom stereocenters. The van der Waals surface area contributed by atoms with E-state index < -0.39 is 0 Å². The van der Waals surface area contributed by atoms with Crippen LogP contribution in [-0.2, 0) is 6.54 Å². The van der Waals surface area contributed by atoms with E-state index in [1.54, 1.807) is 18.5 Å². The molecule has 1 fully saturated rings. The van der Waals surface area contributed by atoms with Crippen LogP contribution in [0, 0.1) is 6.92 Å². The molecule has 1 saturated heterocycles. The summed E-state index contributed by atoms with van der Waals surface area (Å²) >= 11 is 0. The molecular weight excluding hydrogens is 380 g/mol. The molecule has 7 nitrogen and oxygen atoms in total. The zero-order valence-corrected chi connectivity index (χ0v) is 16.9. The molecule has 0 aliphatic carbocycles. The maximum absolute atomic E-state index is 12.3. The van der Waals surface area contributed by atoms with Gasteiger partial charge in [-0.05, 0) is 61.7 Å². The predicted molar refractivity (Wildman–Crippen MR) is 113 cm³/mol. The van der Waals surface area contributed by atoms with Crippen molar-refractivity contribution >= 4 is 0 Å². The van der Waals surface area contributed by atoms with Crippen molar-refractivity contribution < 1.29 is 9.47 Å². The smallest absolute Gasteiger partial charge is 0.251 e. The Hall–Kier alpha value is -3.19. The van der Waals surface area contributed by atoms with Gasteiger partial charge in [0, 0.05) is 43.0 Å². The molecule has 0 bridgehead atoms. The summed E-state index contributed by atoms with van der Waals surface area (Å²) < 4.78 is 11.0. The topological polar surface area (TPSA) is 80.3 Å². The van der Waals surface area contributed by atoms with Gasteiger partial charge in [0.05, 0.1) is 5.69 Å². The number of rotatable bonds is 4. The number of aromatic amines is 1. The van der Waals surface area contributed by atoms with Crippen molar-refractivity contribution in [3.8, 4) is 22.9 Å². The second-order valence-electron chi connectivity index (χ2n) is 7.96. The van der Waals surface area contributed by atoms with E-state index in [4.69, 9.17) is 14.5 Å². The molecule has 0 radical (unpaired) electrons. The molecule has 3 aromatic rings. The van der Waals surface area contributed by atoms with Crippen molar-refractivity contribution in [2.75, 3.05) is 19.9 Å². The van der Waals surface area contributed by atoms with Crippen molar-refractivity contribution in [3.63, 3.8) is 0 Å². The number of ether oxygens (including phenoxy) is 2. The van der Waals surface area contributed by atoms with Crippen LogP contribution in [0.4, 0.5) is 0 Å². The van der Waals surface area contributed by atoms with Crippen molar-refractivity contribution in [1.29, 1.82) is 0 Å². The van der Waals surface area contributed by atoms with Gasteiger partial charge in [-0.3, -0.25) is 14.7 Å². The number of hydrogen-bond donors (Lipinski definition) is 1. The molecule has 0 saturated carbocycles. The van der Waals surface area contributed by atoms with Crippen LogP contribution in [0.15, 0.2) is 47.5 Å². The lowest BCUT2D eigenvalue weighted by atomic mass is 9.93. The highest BCUT2D eigenvalue weighted by molar-refractivity contribution is 5.53. The minimum absolute atomic E-state index is 0.115. The summed E-state index contributed by atoms with van der Waals surface area (Å²) in [6, 6.07) is 9.51. The first-order valence-electron chi connectivity index (χ1n) is 10.3. The number of nitrogens with one attached hydrogen (secondary N) is 1. The summed E-state index contributed by atoms with van der Waals surface area (Å²) in [5, 5.41) is 0. The number of benzene rings is 1. The fourth-order valence-corrected chi connectivity index (χ4v) is 4.27. The monoisotopic (exact) mass is 404 g/mol. The lowest BCUT2D eigenvalue weighted by Gasteiger charge is -2.33. The molecule has 2 aliphatic rings. The maximum Gasteiger partial charge on any atom is 0.251 e. The highest BCUT2D eigenvalue weighted by Crippen LogP contribution is 2.35. The van der Waals surface area contributed by atoms with Crippen molar-refractivity contribution in [2.24, 2.45) is 0 Å². The van der Waals surface area contributed by atoms with Gasteiger partial charge in [0.15, 0.2) is 11.5 Å². The van der Waals surface area contributed by atoms with Gasteiger partial charge >= 0.3 is 0 Å². The van der Waals surface area contributed by atoms with Gasteiger partial charge in [0.25, 0.3) is 5.56 Å². The van der Waals surface area contributed by atoms with Gasteiger partial charge in [0.1, 0.15) is 5.82 Å². The van der Waals surface area contributed by atoms with Crippen molar-refractivity contribution in [1.82, 2.24) is 19.9 Å². The van der Waals surface area contributed by atoms with E-state index in [1.807, 2.05) is 12.1 Å². The van der Waals surface area contributed by atoms with Gasteiger partial charge in [0.2, 0.25) is 6.79 Å². The fraction of sp³-hybridized carbons (Fsp3) is 0.348. The summed E-state index contributed by atoms with van der Waals surface area (Å²) in [4.78, 5) is 26.4. The zero-order valence-electron chi connectivity index (χ0n) is 16.9. The number of hydrogen-bond acceptors (Lipinski definition) is 6. The van der Waals surface area contributed by atoms with Crippen molar-refractivity contribution in [2.45, 2.75) is 32.2 Å². The molecular formula is C23H24N4O3. The third kappa shape index (κ3) is 3.80. The van der Waals surface area contributed by atoms with Gasteiger partial charge in [-0.25, -0.2) is 4.98 Å². The normalized spacial score (nSPS) is 18.5. The van der Waals surface area contributed by atoms with E-state index in [-0.39, 0.29) is 18.3 Å². The summed E-state index contributed by atoms with van der Waals surface area (Å²) in [7, 11) is 0. The Labute approximate surface area is 174 Å². The standard InChI is InChI=1S/C23H24N4O3/c1-15-9-20-21(30-14-29-20)10-18(15)13-27-8-2-3-17(12-27)19-11-22(28)26-23(25-19)16-4-6-24-7-5-16/h4-7,9-11,17H,2-3,8,12-14H2,1H3,(H,25,26,28). The summed E-state index contributed by atoms with van der Waals surface area (Å²) in [6.45, 7) is 5.15. The second kappa shape index (κ2) is 7.91. The predicted octanol–water partition coefficient (Wildman–Crippen LogP) is 3.25. The molecule has 2 aromatic heterocycles. The first-order valence-corrected chi connectivity index (χ1v) is 10.3. The number of piperidine rings is 1. The van der Waals surface area contributed by atoms with Crippen LogP contribution in [0.3, 0.4) is 0 Å². The van der Waals surface area contributed by atoms with E-state index >= 15 is 0 Å².